The van der Waals surface area contributed by atoms with E-state index in [1.54, 1.807) is 16.8 Å². The molecule has 0 radical (unpaired) electrons. The van der Waals surface area contributed by atoms with E-state index in [0.29, 0.717) is 67.0 Å². The molecule has 2 amide bonds. The highest BCUT2D eigenvalue weighted by Gasteiger charge is 2.24. The summed E-state index contributed by atoms with van der Waals surface area (Å²) in [6.45, 7) is 8.17. The Balaban J connectivity index is 1.28. The number of rotatable bonds is 3. The summed E-state index contributed by atoms with van der Waals surface area (Å²) in [7, 11) is 1.87. The minimum atomic E-state index is -1.03. The predicted octanol–water partition coefficient (Wildman–Crippen LogP) is 5.12. The van der Waals surface area contributed by atoms with Gasteiger partial charge in [-0.3, -0.25) is 24.3 Å². The lowest BCUT2D eigenvalue weighted by Crippen LogP contribution is -2.21. The molecule has 1 aliphatic rings. The number of nitrogens with zero attached hydrogens (tertiary/aromatic N) is 8. The van der Waals surface area contributed by atoms with E-state index >= 15 is 0 Å². The highest BCUT2D eigenvalue weighted by Crippen LogP contribution is 2.30. The number of fused-ring (bicyclic) bond motifs is 8. The highest BCUT2D eigenvalue weighted by molar-refractivity contribution is 6.04. The number of amides is 2. The maximum Gasteiger partial charge on any atom is 0.276 e. The minimum absolute atomic E-state index is 0.276. The molecule has 272 valence electrons. The van der Waals surface area contributed by atoms with E-state index in [1.807, 2.05) is 67.4 Å². The van der Waals surface area contributed by atoms with Gasteiger partial charge in [-0.2, -0.15) is 10.2 Å². The lowest BCUT2D eigenvalue weighted by atomic mass is 10.0. The van der Waals surface area contributed by atoms with Gasteiger partial charge in [-0.25, -0.2) is 9.97 Å². The second-order valence-corrected chi connectivity index (χ2v) is 13.3. The molecule has 4 aromatic heterocycles. The van der Waals surface area contributed by atoms with Gasteiger partial charge in [0.15, 0.2) is 6.23 Å². The van der Waals surface area contributed by atoms with Gasteiger partial charge in [0.05, 0.1) is 39.3 Å². The quantitative estimate of drug-likeness (QED) is 0.167. The van der Waals surface area contributed by atoms with Crippen molar-refractivity contribution in [3.8, 4) is 0 Å². The van der Waals surface area contributed by atoms with Crippen LogP contribution >= 0.6 is 0 Å². The number of nitrogens with two attached hydrogens (primary N) is 1. The summed E-state index contributed by atoms with van der Waals surface area (Å²) in [5, 5.41) is 30.6. The third kappa shape index (κ3) is 6.59. The third-order valence-corrected chi connectivity index (χ3v) is 9.86. The molecule has 52 heavy (non-hydrogen) atoms. The monoisotopic (exact) mass is 706 g/mol. The number of para-hydroxylation sites is 1. The molecule has 0 saturated carbocycles. The molecule has 1 atom stereocenters. The molecule has 0 spiro atoms. The first kappa shape index (κ1) is 34.7. The number of hydrogen-bond acceptors (Lipinski definition) is 9. The van der Waals surface area contributed by atoms with E-state index in [-0.39, 0.29) is 5.91 Å². The minimum Gasteiger partial charge on any atom is -0.386 e. The molecule has 6 aromatic rings. The summed E-state index contributed by atoms with van der Waals surface area (Å²) in [5.41, 5.74) is 13.7. The Bertz CT molecular complexity index is 2280. The predicted molar refractivity (Wildman–Crippen MR) is 200 cm³/mol. The van der Waals surface area contributed by atoms with E-state index < -0.39 is 12.1 Å². The Labute approximate surface area is 301 Å². The molecule has 15 nitrogen and oxygen atoms in total. The van der Waals surface area contributed by atoms with Gasteiger partial charge in [0.25, 0.3) is 5.91 Å². The number of primary amides is 1. The first-order chi connectivity index (χ1) is 25.2. The fraction of sp³-hybridized carbons (Fsp3) is 0.405. The number of nitrogens with one attached hydrogen (secondary N) is 3. The molecule has 2 aromatic carbocycles. The van der Waals surface area contributed by atoms with Crippen molar-refractivity contribution in [2.24, 2.45) is 5.73 Å². The Morgan fingerprint density at radius 2 is 1.73 bits per heavy atom. The second kappa shape index (κ2) is 14.5. The van der Waals surface area contributed by atoms with Gasteiger partial charge in [-0.05, 0) is 89.3 Å². The highest BCUT2D eigenvalue weighted by atomic mass is 16.3. The zero-order chi connectivity index (χ0) is 36.5. The number of benzene rings is 2. The van der Waals surface area contributed by atoms with Gasteiger partial charge in [0.2, 0.25) is 17.8 Å². The fourth-order valence-electron chi connectivity index (χ4n) is 7.29. The molecule has 0 bridgehead atoms. The number of imidazole rings is 2. The van der Waals surface area contributed by atoms with Crippen molar-refractivity contribution < 1.29 is 14.7 Å². The standard InChI is InChI=1S/C37H46N12O3/c1-5-48-32-25(23(3)45-48)12-7-6-8-19-49-30(20-22(2)44-49)34(51)42-37-41-31-26(39-4)13-11-14-29(31)47(37)18-10-9-17-46-28-16-15-24(33(38)50)21-27(28)40-36(46)43-35(32)52/h11,13-16,20-21,34,39,51H,5-10,12,17-19H2,1-4H3,(H2,38,50)(H,41,42)(H,40,43,52). The molecule has 7 rings (SSSR count). The number of aryl methyl sites for hydroxylation is 6. The van der Waals surface area contributed by atoms with Crippen LogP contribution in [0.5, 0.6) is 0 Å². The Kier molecular flexibility index (Phi) is 9.69. The van der Waals surface area contributed by atoms with Crippen LogP contribution in [0.4, 0.5) is 17.6 Å². The van der Waals surface area contributed by atoms with Crippen molar-refractivity contribution in [3.05, 3.63) is 76.4 Å². The number of hydrogen-bond donors (Lipinski definition) is 5. The van der Waals surface area contributed by atoms with Gasteiger partial charge in [0.1, 0.15) is 11.2 Å². The maximum atomic E-state index is 14.1. The summed E-state index contributed by atoms with van der Waals surface area (Å²) < 4.78 is 7.71. The van der Waals surface area contributed by atoms with Crippen LogP contribution in [0.25, 0.3) is 22.1 Å². The largest absolute Gasteiger partial charge is 0.386 e. The molecule has 0 fully saturated rings. The molecule has 15 heteroatoms. The second-order valence-electron chi connectivity index (χ2n) is 13.3. The van der Waals surface area contributed by atoms with Gasteiger partial charge in [0, 0.05) is 44.4 Å². The van der Waals surface area contributed by atoms with Crippen LogP contribution in [0.1, 0.15) is 88.7 Å². The third-order valence-electron chi connectivity index (χ3n) is 9.86. The van der Waals surface area contributed by atoms with Gasteiger partial charge in [-0.1, -0.05) is 12.5 Å². The zero-order valence-corrected chi connectivity index (χ0v) is 30.1. The van der Waals surface area contributed by atoms with Crippen molar-refractivity contribution in [3.63, 3.8) is 0 Å². The number of aliphatic hydroxyl groups excluding tert-OH is 1. The SMILES string of the molecule is CCn1nc(C)c2c1C(=O)Nc1nc3cc(C(N)=O)ccc3n1CCCCn1c(nc3c(NC)cccc31)NC(O)c1cc(C)nn1CCCCC2. The van der Waals surface area contributed by atoms with Crippen molar-refractivity contribution in [1.29, 1.82) is 0 Å². The van der Waals surface area contributed by atoms with Crippen molar-refractivity contribution in [2.45, 2.75) is 91.7 Å². The first-order valence-electron chi connectivity index (χ1n) is 18.0. The average molecular weight is 707 g/mol. The summed E-state index contributed by atoms with van der Waals surface area (Å²) in [5.74, 6) is 0.125. The van der Waals surface area contributed by atoms with Crippen LogP contribution in [0.15, 0.2) is 42.5 Å². The van der Waals surface area contributed by atoms with Crippen LogP contribution in [-0.2, 0) is 32.6 Å². The lowest BCUT2D eigenvalue weighted by Gasteiger charge is -2.17. The molecular formula is C37H46N12O3. The van der Waals surface area contributed by atoms with Crippen LogP contribution < -0.4 is 21.7 Å². The Morgan fingerprint density at radius 3 is 2.48 bits per heavy atom. The van der Waals surface area contributed by atoms with Crippen molar-refractivity contribution in [2.75, 3.05) is 23.0 Å². The fourth-order valence-corrected chi connectivity index (χ4v) is 7.29. The summed E-state index contributed by atoms with van der Waals surface area (Å²) in [6, 6.07) is 13.1. The molecule has 5 heterocycles. The Hall–Kier alpha value is -5.70. The van der Waals surface area contributed by atoms with Crippen LogP contribution in [0.2, 0.25) is 0 Å². The maximum absolute atomic E-state index is 14.1. The smallest absolute Gasteiger partial charge is 0.276 e. The van der Waals surface area contributed by atoms with Gasteiger partial charge in [-0.15, -0.1) is 0 Å². The number of aromatic nitrogens is 8. The van der Waals surface area contributed by atoms with Crippen molar-refractivity contribution in [1.82, 2.24) is 38.7 Å². The normalized spacial score (nSPS) is 16.2. The number of aliphatic hydroxyl groups is 1. The van der Waals surface area contributed by atoms with Gasteiger partial charge >= 0.3 is 0 Å². The Morgan fingerprint density at radius 1 is 0.962 bits per heavy atom. The molecule has 1 aliphatic heterocycles. The van der Waals surface area contributed by atoms with E-state index in [4.69, 9.17) is 25.9 Å². The zero-order valence-electron chi connectivity index (χ0n) is 30.1. The summed E-state index contributed by atoms with van der Waals surface area (Å²) >= 11 is 0. The van der Waals surface area contributed by atoms with E-state index in [0.717, 1.165) is 71.3 Å². The number of carbonyl (C=O) groups is 2. The van der Waals surface area contributed by atoms with E-state index in [1.165, 1.54) is 0 Å². The van der Waals surface area contributed by atoms with E-state index in [9.17, 15) is 14.7 Å². The van der Waals surface area contributed by atoms with Crippen LogP contribution in [-0.4, -0.2) is 62.6 Å². The average Bonchev–Trinajstić information content (AvgIpc) is 3.87. The number of anilines is 3. The molecule has 1 unspecified atom stereocenters. The summed E-state index contributed by atoms with van der Waals surface area (Å²) in [4.78, 5) is 35.9. The molecular weight excluding hydrogens is 660 g/mol. The number of carbonyl (C=O) groups excluding carboxylic acids is 2. The van der Waals surface area contributed by atoms with Crippen LogP contribution in [0, 0.1) is 13.8 Å². The topological polar surface area (TPSA) is 188 Å². The van der Waals surface area contributed by atoms with Gasteiger partial charge < -0.3 is 30.6 Å². The summed E-state index contributed by atoms with van der Waals surface area (Å²) in [6.07, 6.45) is 3.70. The molecule has 0 aliphatic carbocycles. The van der Waals surface area contributed by atoms with Crippen molar-refractivity contribution >= 4 is 51.5 Å². The molecule has 0 saturated heterocycles. The first-order valence-corrected chi connectivity index (χ1v) is 18.0. The van der Waals surface area contributed by atoms with Crippen LogP contribution in [0.3, 0.4) is 0 Å². The molecule has 6 N–H and O–H groups in total. The lowest BCUT2D eigenvalue weighted by molar-refractivity contribution is 0.0995. The van der Waals surface area contributed by atoms with E-state index in [2.05, 4.69) is 20.5 Å².